The summed E-state index contributed by atoms with van der Waals surface area (Å²) in [6.07, 6.45) is 1.04. The van der Waals surface area contributed by atoms with E-state index in [0.717, 1.165) is 25.1 Å². The lowest BCUT2D eigenvalue weighted by Gasteiger charge is -2.33. The average molecular weight is 364 g/mol. The Morgan fingerprint density at radius 2 is 2.04 bits per heavy atom. The van der Waals surface area contributed by atoms with Crippen molar-refractivity contribution < 1.29 is 18.9 Å². The Morgan fingerprint density at radius 1 is 1.26 bits per heavy atom. The van der Waals surface area contributed by atoms with Crippen LogP contribution in [0.15, 0.2) is 6.07 Å². The molecule has 1 heterocycles. The van der Waals surface area contributed by atoms with E-state index in [1.165, 1.54) is 0 Å². The zero-order valence-electron chi connectivity index (χ0n) is 13.7. The molecule has 1 unspecified atom stereocenters. The molecule has 1 atom stereocenters. The third-order valence-corrected chi connectivity index (χ3v) is 4.64. The van der Waals surface area contributed by atoms with Crippen molar-refractivity contribution in [2.24, 2.45) is 0 Å². The lowest BCUT2D eigenvalue weighted by atomic mass is 10.1. The topological polar surface area (TPSA) is 40.2 Å². The van der Waals surface area contributed by atoms with Gasteiger partial charge in [0, 0.05) is 45.0 Å². The Kier molecular flexibility index (Phi) is 7.24. The zero-order chi connectivity index (χ0) is 16.8. The van der Waals surface area contributed by atoms with Crippen LogP contribution in [0.3, 0.4) is 0 Å². The van der Waals surface area contributed by atoms with Crippen LogP contribution >= 0.6 is 23.2 Å². The molecule has 2 rings (SSSR count). The summed E-state index contributed by atoms with van der Waals surface area (Å²) in [4.78, 5) is 2.28. The minimum absolute atomic E-state index is 0.168. The zero-order valence-corrected chi connectivity index (χ0v) is 15.2. The molecule has 1 aromatic carbocycles. The predicted molar refractivity (Wildman–Crippen MR) is 91.1 cm³/mol. The van der Waals surface area contributed by atoms with Crippen molar-refractivity contribution in [2.75, 3.05) is 47.6 Å². The predicted octanol–water partition coefficient (Wildman–Crippen LogP) is 3.25. The summed E-state index contributed by atoms with van der Waals surface area (Å²) in [5, 5.41) is 1.07. The van der Waals surface area contributed by atoms with E-state index in [9.17, 15) is 0 Å². The first kappa shape index (κ1) is 18.6. The van der Waals surface area contributed by atoms with Gasteiger partial charge in [-0.1, -0.05) is 23.2 Å². The molecule has 1 aromatic rings. The van der Waals surface area contributed by atoms with Crippen molar-refractivity contribution in [3.05, 3.63) is 21.7 Å². The fraction of sp³-hybridized carbons (Fsp3) is 0.625. The molecule has 0 amide bonds. The molecule has 1 saturated heterocycles. The average Bonchev–Trinajstić information content (AvgIpc) is 2.56. The molecule has 23 heavy (non-hydrogen) atoms. The summed E-state index contributed by atoms with van der Waals surface area (Å²) < 4.78 is 21.5. The second kappa shape index (κ2) is 8.94. The van der Waals surface area contributed by atoms with Crippen LogP contribution < -0.4 is 9.47 Å². The van der Waals surface area contributed by atoms with Gasteiger partial charge in [0.15, 0.2) is 11.5 Å². The number of hydrogen-bond acceptors (Lipinski definition) is 5. The monoisotopic (exact) mass is 363 g/mol. The highest BCUT2D eigenvalue weighted by Crippen LogP contribution is 2.42. The normalized spacial score (nSPS) is 18.9. The molecule has 1 aliphatic rings. The Hall–Kier alpha value is -0.720. The Morgan fingerprint density at radius 3 is 2.70 bits per heavy atom. The number of rotatable bonds is 7. The molecule has 0 bridgehead atoms. The summed E-state index contributed by atoms with van der Waals surface area (Å²) in [6, 6.07) is 1.74. The molecular weight excluding hydrogens is 341 g/mol. The Balaban J connectivity index is 2.13. The standard InChI is InChI=1S/C16H23Cl2NO4/c1-20-6-4-11-9-19(5-7-23-11)10-12-13(17)8-14(21-2)16(22-3)15(12)18/h8,11H,4-7,9-10H2,1-3H3. The summed E-state index contributed by atoms with van der Waals surface area (Å²) >= 11 is 12.9. The van der Waals surface area contributed by atoms with E-state index in [2.05, 4.69) is 4.90 Å². The van der Waals surface area contributed by atoms with Gasteiger partial charge in [-0.2, -0.15) is 0 Å². The summed E-state index contributed by atoms with van der Waals surface area (Å²) in [5.41, 5.74) is 0.846. The number of methoxy groups -OCH3 is 3. The van der Waals surface area contributed by atoms with E-state index >= 15 is 0 Å². The summed E-state index contributed by atoms with van der Waals surface area (Å²) in [6.45, 7) is 3.69. The van der Waals surface area contributed by atoms with E-state index in [4.69, 9.17) is 42.1 Å². The van der Waals surface area contributed by atoms with Gasteiger partial charge in [0.25, 0.3) is 0 Å². The number of ether oxygens (including phenoxy) is 4. The molecule has 0 aliphatic carbocycles. The fourth-order valence-corrected chi connectivity index (χ4v) is 3.31. The molecule has 5 nitrogen and oxygen atoms in total. The Labute approximate surface area is 147 Å². The number of nitrogens with zero attached hydrogens (tertiary/aromatic N) is 1. The van der Waals surface area contributed by atoms with Gasteiger partial charge in [0.2, 0.25) is 0 Å². The molecule has 0 spiro atoms. The van der Waals surface area contributed by atoms with Crippen molar-refractivity contribution in [3.8, 4) is 11.5 Å². The number of benzene rings is 1. The maximum absolute atomic E-state index is 6.47. The lowest BCUT2D eigenvalue weighted by molar-refractivity contribution is -0.0432. The minimum Gasteiger partial charge on any atom is -0.493 e. The quantitative estimate of drug-likeness (QED) is 0.743. The van der Waals surface area contributed by atoms with E-state index in [1.54, 1.807) is 27.4 Å². The molecule has 7 heteroatoms. The van der Waals surface area contributed by atoms with Crippen LogP contribution in [0.2, 0.25) is 10.0 Å². The lowest BCUT2D eigenvalue weighted by Crippen LogP contribution is -2.42. The van der Waals surface area contributed by atoms with Crippen LogP contribution in [0.25, 0.3) is 0 Å². The summed E-state index contributed by atoms with van der Waals surface area (Å²) in [7, 11) is 4.83. The SMILES string of the molecule is COCCC1CN(Cc2c(Cl)cc(OC)c(OC)c2Cl)CCO1. The van der Waals surface area contributed by atoms with Gasteiger partial charge in [-0.05, 0) is 6.42 Å². The van der Waals surface area contributed by atoms with Gasteiger partial charge in [0.05, 0.1) is 37.0 Å². The van der Waals surface area contributed by atoms with Crippen molar-refractivity contribution >= 4 is 23.2 Å². The minimum atomic E-state index is 0.168. The van der Waals surface area contributed by atoms with E-state index in [1.807, 2.05) is 0 Å². The first-order chi connectivity index (χ1) is 11.1. The number of halogens is 2. The highest BCUT2D eigenvalue weighted by Gasteiger charge is 2.24. The molecule has 0 N–H and O–H groups in total. The van der Waals surface area contributed by atoms with Gasteiger partial charge in [-0.15, -0.1) is 0 Å². The smallest absolute Gasteiger partial charge is 0.179 e. The maximum Gasteiger partial charge on any atom is 0.179 e. The second-order valence-corrected chi connectivity index (χ2v) is 6.18. The van der Waals surface area contributed by atoms with Crippen LogP contribution in [0.4, 0.5) is 0 Å². The van der Waals surface area contributed by atoms with Gasteiger partial charge in [-0.3, -0.25) is 4.90 Å². The molecule has 130 valence electrons. The first-order valence-corrected chi connectivity index (χ1v) is 8.28. The molecule has 1 fully saturated rings. The van der Waals surface area contributed by atoms with E-state index < -0.39 is 0 Å². The largest absolute Gasteiger partial charge is 0.493 e. The van der Waals surface area contributed by atoms with Gasteiger partial charge in [0.1, 0.15) is 0 Å². The molecule has 0 aromatic heterocycles. The molecule has 0 radical (unpaired) electrons. The third kappa shape index (κ3) is 4.64. The van der Waals surface area contributed by atoms with Crippen LogP contribution in [0, 0.1) is 0 Å². The van der Waals surface area contributed by atoms with Gasteiger partial charge < -0.3 is 18.9 Å². The first-order valence-electron chi connectivity index (χ1n) is 7.52. The fourth-order valence-electron chi connectivity index (χ4n) is 2.68. The van der Waals surface area contributed by atoms with Crippen LogP contribution in [0.5, 0.6) is 11.5 Å². The van der Waals surface area contributed by atoms with Gasteiger partial charge in [-0.25, -0.2) is 0 Å². The Bertz CT molecular complexity index is 527. The maximum atomic E-state index is 6.47. The van der Waals surface area contributed by atoms with Crippen molar-refractivity contribution in [2.45, 2.75) is 19.1 Å². The van der Waals surface area contributed by atoms with Crippen molar-refractivity contribution in [1.29, 1.82) is 0 Å². The highest BCUT2D eigenvalue weighted by molar-refractivity contribution is 6.37. The van der Waals surface area contributed by atoms with Crippen LogP contribution in [-0.4, -0.2) is 58.6 Å². The number of morpholine rings is 1. The van der Waals surface area contributed by atoms with Crippen LogP contribution in [-0.2, 0) is 16.0 Å². The molecule has 1 aliphatic heterocycles. The van der Waals surface area contributed by atoms with Gasteiger partial charge >= 0.3 is 0 Å². The third-order valence-electron chi connectivity index (χ3n) is 3.91. The summed E-state index contributed by atoms with van der Waals surface area (Å²) in [5.74, 6) is 1.05. The second-order valence-electron chi connectivity index (χ2n) is 5.40. The molecule has 0 saturated carbocycles. The highest BCUT2D eigenvalue weighted by atomic mass is 35.5. The van der Waals surface area contributed by atoms with E-state index in [0.29, 0.717) is 41.3 Å². The van der Waals surface area contributed by atoms with E-state index in [-0.39, 0.29) is 6.10 Å². The molecular formula is C16H23Cl2NO4. The van der Waals surface area contributed by atoms with Crippen molar-refractivity contribution in [3.63, 3.8) is 0 Å². The van der Waals surface area contributed by atoms with Crippen molar-refractivity contribution in [1.82, 2.24) is 4.90 Å². The number of hydrogen-bond donors (Lipinski definition) is 0. The van der Waals surface area contributed by atoms with Crippen LogP contribution in [0.1, 0.15) is 12.0 Å².